The summed E-state index contributed by atoms with van der Waals surface area (Å²) in [6.45, 7) is 21.8. The maximum absolute atomic E-state index is 10.8. The summed E-state index contributed by atoms with van der Waals surface area (Å²) in [5, 5.41) is 28.9. The highest BCUT2D eigenvalue weighted by molar-refractivity contribution is 7.46. The van der Waals surface area contributed by atoms with Crippen LogP contribution in [-0.2, 0) is 18.6 Å². The number of rotatable bonds is 13. The van der Waals surface area contributed by atoms with Gasteiger partial charge >= 0.3 is 7.82 Å². The number of unbranched alkanes of at least 4 members (excludes halogenated alkanes) is 1. The molecular formula is C22H51N2O9P. The molecule has 5 N–H and O–H groups in total. The van der Waals surface area contributed by atoms with Gasteiger partial charge in [-0.05, 0) is 45.7 Å². The summed E-state index contributed by atoms with van der Waals surface area (Å²) >= 11 is 0. The van der Waals surface area contributed by atoms with Gasteiger partial charge in [-0.15, -0.1) is 0 Å². The molecule has 0 radical (unpaired) electrons. The van der Waals surface area contributed by atoms with Gasteiger partial charge in [-0.25, -0.2) is 4.57 Å². The Kier molecular flexibility index (Phi) is 22.2. The lowest BCUT2D eigenvalue weighted by atomic mass is 9.99. The molecule has 0 spiro atoms. The van der Waals surface area contributed by atoms with Crippen molar-refractivity contribution in [3.05, 3.63) is 0 Å². The number of phosphoric acid groups is 1. The van der Waals surface area contributed by atoms with Crippen LogP contribution in [0.25, 0.3) is 0 Å². The Morgan fingerprint density at radius 3 is 1.56 bits per heavy atom. The molecule has 1 saturated heterocycles. The fourth-order valence-corrected chi connectivity index (χ4v) is 3.62. The van der Waals surface area contributed by atoms with E-state index in [9.17, 15) is 14.8 Å². The van der Waals surface area contributed by atoms with Gasteiger partial charge in [0, 0.05) is 6.61 Å². The Morgan fingerprint density at radius 1 is 0.824 bits per heavy atom. The van der Waals surface area contributed by atoms with E-state index in [1.807, 2.05) is 6.92 Å². The highest BCUT2D eigenvalue weighted by atomic mass is 31.2. The van der Waals surface area contributed by atoms with Crippen LogP contribution in [0.15, 0.2) is 0 Å². The van der Waals surface area contributed by atoms with Gasteiger partial charge in [-0.2, -0.15) is 0 Å². The van der Waals surface area contributed by atoms with Crippen molar-refractivity contribution < 1.29 is 43.7 Å². The number of aliphatic hydroxyl groups is 3. The summed E-state index contributed by atoms with van der Waals surface area (Å²) in [4.78, 5) is 22.2. The first-order chi connectivity index (χ1) is 16.0. The van der Waals surface area contributed by atoms with Crippen LogP contribution in [0.5, 0.6) is 0 Å². The van der Waals surface area contributed by atoms with Crippen molar-refractivity contribution in [2.24, 2.45) is 0 Å². The zero-order valence-corrected chi connectivity index (χ0v) is 23.1. The monoisotopic (exact) mass is 518 g/mol. The van der Waals surface area contributed by atoms with Crippen LogP contribution >= 0.6 is 7.82 Å². The number of nitrogens with zero attached hydrogens (tertiary/aromatic N) is 2. The van der Waals surface area contributed by atoms with E-state index in [4.69, 9.17) is 24.4 Å². The van der Waals surface area contributed by atoms with Crippen molar-refractivity contribution in [3.63, 3.8) is 0 Å². The van der Waals surface area contributed by atoms with Gasteiger partial charge in [0.1, 0.15) is 24.4 Å². The summed E-state index contributed by atoms with van der Waals surface area (Å²) in [7, 11) is -4.89. The van der Waals surface area contributed by atoms with Gasteiger partial charge in [-0.3, -0.25) is 4.52 Å². The van der Waals surface area contributed by atoms with E-state index in [1.165, 1.54) is 39.3 Å². The SMILES string of the molecule is CCCCO[C@@H]1[C@@H](O)[C@@H](OP(=O)(O)O)O[C@H](CO)[C@H]1O.CCN(CC)CC.CCN(CC)CC. The lowest BCUT2D eigenvalue weighted by Crippen LogP contribution is -2.59. The summed E-state index contributed by atoms with van der Waals surface area (Å²) in [5.74, 6) is 0. The van der Waals surface area contributed by atoms with E-state index in [0.29, 0.717) is 6.42 Å². The summed E-state index contributed by atoms with van der Waals surface area (Å²) in [6.07, 6.45) is -5.42. The van der Waals surface area contributed by atoms with Gasteiger partial charge < -0.3 is 44.4 Å². The molecule has 0 aromatic rings. The van der Waals surface area contributed by atoms with Crippen LogP contribution < -0.4 is 0 Å². The van der Waals surface area contributed by atoms with Crippen molar-refractivity contribution in [2.45, 2.75) is 92.0 Å². The van der Waals surface area contributed by atoms with Crippen molar-refractivity contribution >= 4 is 7.82 Å². The second-order valence-electron chi connectivity index (χ2n) is 7.73. The van der Waals surface area contributed by atoms with E-state index >= 15 is 0 Å². The molecule has 1 heterocycles. The molecule has 1 rings (SSSR count). The van der Waals surface area contributed by atoms with E-state index in [-0.39, 0.29) is 6.61 Å². The molecule has 0 aliphatic carbocycles. The maximum atomic E-state index is 10.8. The predicted octanol–water partition coefficient (Wildman–Crippen LogP) is 1.42. The Hall–Kier alpha value is -0.170. The van der Waals surface area contributed by atoms with Crippen LogP contribution in [0.4, 0.5) is 0 Å². The van der Waals surface area contributed by atoms with E-state index in [1.54, 1.807) is 0 Å². The third-order valence-corrected chi connectivity index (χ3v) is 6.04. The number of ether oxygens (including phenoxy) is 2. The van der Waals surface area contributed by atoms with Gasteiger partial charge in [0.2, 0.25) is 0 Å². The molecule has 0 bridgehead atoms. The minimum Gasteiger partial charge on any atom is -0.394 e. The van der Waals surface area contributed by atoms with Gasteiger partial charge in [0.25, 0.3) is 0 Å². The molecule has 1 aliphatic heterocycles. The molecule has 34 heavy (non-hydrogen) atoms. The molecular weight excluding hydrogens is 467 g/mol. The summed E-state index contributed by atoms with van der Waals surface area (Å²) < 4.78 is 25.3. The minimum absolute atomic E-state index is 0.246. The second-order valence-corrected chi connectivity index (χ2v) is 8.92. The summed E-state index contributed by atoms with van der Waals surface area (Å²) in [5.41, 5.74) is 0. The first-order valence-electron chi connectivity index (χ1n) is 12.4. The zero-order chi connectivity index (χ0) is 26.7. The molecule has 0 unspecified atom stereocenters. The number of hydrogen-bond donors (Lipinski definition) is 5. The van der Waals surface area contributed by atoms with Crippen LogP contribution in [0, 0.1) is 0 Å². The number of phosphoric ester groups is 1. The molecule has 1 fully saturated rings. The van der Waals surface area contributed by atoms with Crippen molar-refractivity contribution in [2.75, 3.05) is 52.5 Å². The Bertz CT molecular complexity index is 482. The molecule has 12 heteroatoms. The standard InChI is InChI=1S/C10H21O9P.2C6H15N/c1-2-3-4-17-9-7(12)6(5-11)18-10(8(9)13)19-20(14,15)16;2*1-4-7(5-2)6-3/h6-13H,2-5H2,1H3,(H2,14,15,16);2*4-6H2,1-3H3/t6-,7-,8-,9+,10-;;/m1../s1. The fourth-order valence-electron chi connectivity index (χ4n) is 3.18. The van der Waals surface area contributed by atoms with Crippen molar-refractivity contribution in [1.82, 2.24) is 9.80 Å². The molecule has 0 aromatic heterocycles. The minimum atomic E-state index is -4.89. The van der Waals surface area contributed by atoms with E-state index in [2.05, 4.69) is 55.9 Å². The normalized spacial score (nSPS) is 24.9. The van der Waals surface area contributed by atoms with Crippen LogP contribution in [0.3, 0.4) is 0 Å². The molecule has 0 aromatic carbocycles. The third kappa shape index (κ3) is 15.7. The average molecular weight is 519 g/mol. The average Bonchev–Trinajstić information content (AvgIpc) is 2.80. The Morgan fingerprint density at radius 2 is 1.26 bits per heavy atom. The van der Waals surface area contributed by atoms with Gasteiger partial charge in [0.05, 0.1) is 6.61 Å². The van der Waals surface area contributed by atoms with Gasteiger partial charge in [-0.1, -0.05) is 54.9 Å². The molecule has 11 nitrogen and oxygen atoms in total. The van der Waals surface area contributed by atoms with Crippen LogP contribution in [-0.4, -0.2) is 118 Å². The number of aliphatic hydroxyl groups excluding tert-OH is 3. The first-order valence-corrected chi connectivity index (χ1v) is 13.9. The Labute approximate surface area is 206 Å². The molecule has 5 atom stereocenters. The largest absolute Gasteiger partial charge is 0.472 e. The lowest BCUT2D eigenvalue weighted by molar-refractivity contribution is -0.288. The first kappa shape index (κ1) is 36.0. The zero-order valence-electron chi connectivity index (χ0n) is 22.2. The van der Waals surface area contributed by atoms with E-state index < -0.39 is 45.1 Å². The second kappa shape index (κ2) is 21.0. The molecule has 0 saturated carbocycles. The van der Waals surface area contributed by atoms with Crippen LogP contribution in [0.2, 0.25) is 0 Å². The molecule has 0 amide bonds. The van der Waals surface area contributed by atoms with Crippen LogP contribution in [0.1, 0.15) is 61.3 Å². The van der Waals surface area contributed by atoms with Crippen molar-refractivity contribution in [1.29, 1.82) is 0 Å². The van der Waals surface area contributed by atoms with Crippen molar-refractivity contribution in [3.8, 4) is 0 Å². The lowest BCUT2D eigenvalue weighted by Gasteiger charge is -2.41. The molecule has 208 valence electrons. The highest BCUT2D eigenvalue weighted by Crippen LogP contribution is 2.40. The Balaban J connectivity index is 0. The quantitative estimate of drug-likeness (QED) is 0.178. The topological polar surface area (TPSA) is 152 Å². The third-order valence-electron chi connectivity index (χ3n) is 5.55. The van der Waals surface area contributed by atoms with Gasteiger partial charge in [0.15, 0.2) is 6.29 Å². The smallest absolute Gasteiger partial charge is 0.394 e. The highest BCUT2D eigenvalue weighted by Gasteiger charge is 2.47. The molecule has 1 aliphatic rings. The fraction of sp³-hybridized carbons (Fsp3) is 1.00. The predicted molar refractivity (Wildman–Crippen MR) is 132 cm³/mol. The maximum Gasteiger partial charge on any atom is 0.472 e. The number of hydrogen-bond acceptors (Lipinski definition) is 9. The van der Waals surface area contributed by atoms with E-state index in [0.717, 1.165) is 6.42 Å². The summed E-state index contributed by atoms with van der Waals surface area (Å²) in [6, 6.07) is 0.